The summed E-state index contributed by atoms with van der Waals surface area (Å²) in [7, 11) is 0. The second kappa shape index (κ2) is 7.21. The van der Waals surface area contributed by atoms with Gasteiger partial charge in [-0.3, -0.25) is 4.79 Å². The Morgan fingerprint density at radius 1 is 1.13 bits per heavy atom. The summed E-state index contributed by atoms with van der Waals surface area (Å²) in [4.78, 5) is 17.9. The van der Waals surface area contributed by atoms with E-state index in [1.54, 1.807) is 35.0 Å². The molecule has 1 aliphatic heterocycles. The summed E-state index contributed by atoms with van der Waals surface area (Å²) in [6.45, 7) is 0. The lowest BCUT2D eigenvalue weighted by atomic mass is 9.77. The molecule has 0 spiro atoms. The van der Waals surface area contributed by atoms with E-state index in [4.69, 9.17) is 0 Å². The van der Waals surface area contributed by atoms with Crippen molar-refractivity contribution in [3.05, 3.63) is 70.9 Å². The van der Waals surface area contributed by atoms with E-state index in [0.717, 1.165) is 16.8 Å². The summed E-state index contributed by atoms with van der Waals surface area (Å²) in [6.07, 6.45) is 2.78. The Morgan fingerprint density at radius 3 is 2.73 bits per heavy atom. The molecule has 1 aromatic heterocycles. The fraction of sp³-hybridized carbons (Fsp3) is 0.227. The van der Waals surface area contributed by atoms with E-state index in [1.165, 1.54) is 11.8 Å². The van der Waals surface area contributed by atoms with Crippen molar-refractivity contribution in [3.8, 4) is 11.5 Å². The zero-order chi connectivity index (χ0) is 20.8. The van der Waals surface area contributed by atoms with Crippen molar-refractivity contribution in [2.24, 2.45) is 0 Å². The monoisotopic (exact) mass is 420 g/mol. The summed E-state index contributed by atoms with van der Waals surface area (Å²) in [5.41, 5.74) is 2.97. The number of carbonyl (C=O) groups excluding carboxylic acids is 1. The molecule has 2 atom stereocenters. The van der Waals surface area contributed by atoms with Gasteiger partial charge < -0.3 is 15.5 Å². The fourth-order valence-electron chi connectivity index (χ4n) is 4.33. The summed E-state index contributed by atoms with van der Waals surface area (Å²) in [5.74, 6) is 0.779. The quantitative estimate of drug-likeness (QED) is 0.554. The van der Waals surface area contributed by atoms with Crippen molar-refractivity contribution >= 4 is 23.5 Å². The Balaban J connectivity index is 1.63. The van der Waals surface area contributed by atoms with Gasteiger partial charge in [0.25, 0.3) is 0 Å². The van der Waals surface area contributed by atoms with Crippen molar-refractivity contribution in [2.75, 3.05) is 11.6 Å². The van der Waals surface area contributed by atoms with E-state index in [-0.39, 0.29) is 23.2 Å². The van der Waals surface area contributed by atoms with Crippen LogP contribution in [0.2, 0.25) is 0 Å². The van der Waals surface area contributed by atoms with Gasteiger partial charge in [0.2, 0.25) is 11.1 Å². The van der Waals surface area contributed by atoms with Gasteiger partial charge in [-0.2, -0.15) is 4.98 Å². The molecule has 8 heteroatoms. The van der Waals surface area contributed by atoms with E-state index in [1.807, 2.05) is 24.5 Å². The van der Waals surface area contributed by atoms with Gasteiger partial charge in [-0.15, -0.1) is 5.10 Å². The third-order valence-electron chi connectivity index (χ3n) is 5.65. The third-order valence-corrected chi connectivity index (χ3v) is 6.18. The number of hydrogen-bond donors (Lipinski definition) is 3. The van der Waals surface area contributed by atoms with Crippen LogP contribution in [0.3, 0.4) is 0 Å². The minimum absolute atomic E-state index is 0.00259. The summed E-state index contributed by atoms with van der Waals surface area (Å²) in [6, 6.07) is 13.6. The number of benzene rings is 2. The number of allylic oxidation sites excluding steroid dienone is 2. The van der Waals surface area contributed by atoms with Crippen LogP contribution in [0.25, 0.3) is 0 Å². The minimum atomic E-state index is -0.463. The van der Waals surface area contributed by atoms with Crippen LogP contribution in [0.15, 0.2) is 65.0 Å². The van der Waals surface area contributed by atoms with Crippen LogP contribution < -0.4 is 5.32 Å². The highest BCUT2D eigenvalue weighted by molar-refractivity contribution is 7.98. The van der Waals surface area contributed by atoms with Crippen molar-refractivity contribution in [2.45, 2.75) is 30.0 Å². The predicted octanol–water partition coefficient (Wildman–Crippen LogP) is 3.83. The molecule has 0 saturated heterocycles. The number of nitrogens with one attached hydrogen (secondary N) is 1. The lowest BCUT2D eigenvalue weighted by molar-refractivity contribution is -0.116. The molecule has 2 aromatic carbocycles. The summed E-state index contributed by atoms with van der Waals surface area (Å²) >= 11 is 1.43. The summed E-state index contributed by atoms with van der Waals surface area (Å²) in [5, 5.41) is 28.8. The second-order valence-electron chi connectivity index (χ2n) is 7.47. The fourth-order valence-corrected chi connectivity index (χ4v) is 4.68. The number of aromatic hydroxyl groups is 2. The number of ketones is 1. The van der Waals surface area contributed by atoms with E-state index in [2.05, 4.69) is 15.4 Å². The van der Waals surface area contributed by atoms with Gasteiger partial charge in [0.05, 0.1) is 0 Å². The number of rotatable bonds is 3. The molecule has 30 heavy (non-hydrogen) atoms. The van der Waals surface area contributed by atoms with Gasteiger partial charge >= 0.3 is 0 Å². The lowest BCUT2D eigenvalue weighted by Gasteiger charge is -2.35. The number of nitrogens with zero attached hydrogens (tertiary/aromatic N) is 3. The van der Waals surface area contributed by atoms with Gasteiger partial charge in [-0.1, -0.05) is 42.1 Å². The highest BCUT2D eigenvalue weighted by Gasteiger charge is 2.40. The first-order chi connectivity index (χ1) is 14.5. The van der Waals surface area contributed by atoms with Crippen molar-refractivity contribution in [1.82, 2.24) is 14.8 Å². The van der Waals surface area contributed by atoms with Crippen molar-refractivity contribution in [1.29, 1.82) is 0 Å². The van der Waals surface area contributed by atoms with Gasteiger partial charge in [-0.05, 0) is 42.0 Å². The van der Waals surface area contributed by atoms with Crippen molar-refractivity contribution < 1.29 is 15.0 Å². The number of aromatic nitrogens is 3. The highest BCUT2D eigenvalue weighted by atomic mass is 32.2. The third kappa shape index (κ3) is 3.04. The number of phenolic OH excluding ortho intramolecular Hbond substituents is 2. The Morgan fingerprint density at radius 2 is 1.97 bits per heavy atom. The standard InChI is InChI=1S/C22H20N4O3S/c1-30-22-24-21-23-16-10-13(15-7-2-3-8-17(15)28)11-18(29)19(16)20(26(21)25-22)12-5-4-6-14(27)9-12/h2-9,13,20,27-28H,10-11H2,1H3,(H,23,24,25). The molecule has 2 aliphatic rings. The van der Waals surface area contributed by atoms with Crippen LogP contribution in [0.4, 0.5) is 5.95 Å². The van der Waals surface area contributed by atoms with Crippen LogP contribution in [0, 0.1) is 0 Å². The average molecular weight is 420 g/mol. The molecule has 0 saturated carbocycles. The SMILES string of the molecule is CSc1nc2n(n1)C(c1cccc(O)c1)C1=C(CC(c3ccccc3O)CC1=O)N2. The largest absolute Gasteiger partial charge is 0.508 e. The Hall–Kier alpha value is -3.26. The molecule has 1 aliphatic carbocycles. The first kappa shape index (κ1) is 18.7. The molecule has 3 aromatic rings. The minimum Gasteiger partial charge on any atom is -0.508 e. The maximum Gasteiger partial charge on any atom is 0.227 e. The topological polar surface area (TPSA) is 100 Å². The molecule has 3 N–H and O–H groups in total. The molecular formula is C22H20N4O3S. The maximum atomic E-state index is 13.4. The van der Waals surface area contributed by atoms with Crippen LogP contribution in [-0.4, -0.2) is 37.0 Å². The number of para-hydroxylation sites is 1. The first-order valence-electron chi connectivity index (χ1n) is 9.65. The lowest BCUT2D eigenvalue weighted by Crippen LogP contribution is -2.33. The van der Waals surface area contributed by atoms with E-state index >= 15 is 0 Å². The molecule has 5 rings (SSSR count). The molecule has 2 unspecified atom stereocenters. The van der Waals surface area contributed by atoms with Crippen LogP contribution in [0.1, 0.15) is 35.9 Å². The molecule has 0 fully saturated rings. The number of fused-ring (bicyclic) bond motifs is 1. The molecule has 2 heterocycles. The smallest absolute Gasteiger partial charge is 0.227 e. The normalized spacial score (nSPS) is 20.5. The zero-order valence-electron chi connectivity index (χ0n) is 16.2. The number of anilines is 1. The number of Topliss-reactive ketones (excluding diaryl/α,β-unsaturated/α-hetero) is 1. The first-order valence-corrected chi connectivity index (χ1v) is 10.9. The van der Waals surface area contributed by atoms with Crippen LogP contribution >= 0.6 is 11.8 Å². The summed E-state index contributed by atoms with van der Waals surface area (Å²) < 4.78 is 1.72. The van der Waals surface area contributed by atoms with Gasteiger partial charge in [0.15, 0.2) is 5.78 Å². The number of thioether (sulfide) groups is 1. The Kier molecular flexibility index (Phi) is 4.51. The molecule has 0 bridgehead atoms. The molecular weight excluding hydrogens is 400 g/mol. The predicted molar refractivity (Wildman–Crippen MR) is 114 cm³/mol. The van der Waals surface area contributed by atoms with Gasteiger partial charge in [-0.25, -0.2) is 4.68 Å². The van der Waals surface area contributed by atoms with E-state index in [0.29, 0.717) is 29.5 Å². The highest BCUT2D eigenvalue weighted by Crippen LogP contribution is 2.45. The Bertz CT molecular complexity index is 1190. The molecule has 0 amide bonds. The van der Waals surface area contributed by atoms with Gasteiger partial charge in [0.1, 0.15) is 17.5 Å². The molecule has 7 nitrogen and oxygen atoms in total. The maximum absolute atomic E-state index is 13.4. The number of carbonyl (C=O) groups is 1. The molecule has 152 valence electrons. The Labute approximate surface area is 177 Å². The van der Waals surface area contributed by atoms with Crippen LogP contribution in [0.5, 0.6) is 11.5 Å². The zero-order valence-corrected chi connectivity index (χ0v) is 17.1. The number of phenols is 2. The van der Waals surface area contributed by atoms with E-state index in [9.17, 15) is 15.0 Å². The molecule has 0 radical (unpaired) electrons. The van der Waals surface area contributed by atoms with Gasteiger partial charge in [0, 0.05) is 23.6 Å². The second-order valence-corrected chi connectivity index (χ2v) is 8.24. The number of hydrogen-bond acceptors (Lipinski definition) is 7. The average Bonchev–Trinajstić information content (AvgIpc) is 3.15. The van der Waals surface area contributed by atoms with Crippen molar-refractivity contribution in [3.63, 3.8) is 0 Å². The van der Waals surface area contributed by atoms with E-state index < -0.39 is 6.04 Å². The van der Waals surface area contributed by atoms with Crippen LogP contribution in [-0.2, 0) is 4.79 Å².